The summed E-state index contributed by atoms with van der Waals surface area (Å²) in [6.07, 6.45) is 0. The summed E-state index contributed by atoms with van der Waals surface area (Å²) in [6.45, 7) is 2.58. The smallest absolute Gasteiger partial charge is 0.251 e. The van der Waals surface area contributed by atoms with Crippen LogP contribution in [-0.2, 0) is 0 Å². The lowest BCUT2D eigenvalue weighted by Gasteiger charge is -2.09. The van der Waals surface area contributed by atoms with E-state index in [9.17, 15) is 9.18 Å². The van der Waals surface area contributed by atoms with E-state index in [1.54, 1.807) is 6.07 Å². The molecular formula is C11H12Br2FNO. The molecule has 0 radical (unpaired) electrons. The summed E-state index contributed by atoms with van der Waals surface area (Å²) >= 11 is 6.36. The molecule has 16 heavy (non-hydrogen) atoms. The lowest BCUT2D eigenvalue weighted by molar-refractivity contribution is 0.0949. The lowest BCUT2D eigenvalue weighted by atomic mass is 10.2. The first-order chi connectivity index (χ1) is 7.54. The largest absolute Gasteiger partial charge is 0.352 e. The van der Waals surface area contributed by atoms with Crippen molar-refractivity contribution >= 4 is 37.8 Å². The molecule has 0 aliphatic heterocycles. The van der Waals surface area contributed by atoms with Gasteiger partial charge in [0, 0.05) is 17.4 Å². The predicted molar refractivity (Wildman–Crippen MR) is 69.4 cm³/mol. The number of amides is 1. The van der Waals surface area contributed by atoms with E-state index in [0.29, 0.717) is 22.5 Å². The van der Waals surface area contributed by atoms with Gasteiger partial charge in [0.25, 0.3) is 5.91 Å². The maximum atomic E-state index is 13.2. The van der Waals surface area contributed by atoms with Gasteiger partial charge in [-0.15, -0.1) is 0 Å². The fraction of sp³-hybridized carbons (Fsp3) is 0.364. The van der Waals surface area contributed by atoms with Gasteiger partial charge in [-0.05, 0) is 40.0 Å². The van der Waals surface area contributed by atoms with Gasteiger partial charge in [0.2, 0.25) is 0 Å². The number of benzene rings is 1. The number of carbonyl (C=O) groups excluding carboxylic acids is 1. The molecule has 0 heterocycles. The second-order valence-corrected chi connectivity index (χ2v) is 5.10. The van der Waals surface area contributed by atoms with Gasteiger partial charge in [-0.3, -0.25) is 4.79 Å². The third-order valence-corrected chi connectivity index (χ3v) is 3.80. The zero-order valence-corrected chi connectivity index (χ0v) is 11.9. The third kappa shape index (κ3) is 3.87. The second kappa shape index (κ2) is 6.35. The van der Waals surface area contributed by atoms with Crippen molar-refractivity contribution in [2.45, 2.75) is 6.92 Å². The molecule has 1 N–H and O–H groups in total. The fourth-order valence-electron chi connectivity index (χ4n) is 1.06. The van der Waals surface area contributed by atoms with Crippen molar-refractivity contribution in [3.63, 3.8) is 0 Å². The van der Waals surface area contributed by atoms with E-state index in [-0.39, 0.29) is 5.91 Å². The minimum absolute atomic E-state index is 0.251. The highest BCUT2D eigenvalue weighted by Crippen LogP contribution is 2.16. The Bertz CT molecular complexity index is 384. The van der Waals surface area contributed by atoms with Crippen LogP contribution in [0.5, 0.6) is 0 Å². The maximum absolute atomic E-state index is 13.2. The van der Waals surface area contributed by atoms with Gasteiger partial charge in [-0.25, -0.2) is 4.39 Å². The van der Waals surface area contributed by atoms with Crippen molar-refractivity contribution in [2.24, 2.45) is 5.92 Å². The molecule has 2 nitrogen and oxygen atoms in total. The van der Waals surface area contributed by atoms with Crippen LogP contribution in [0.25, 0.3) is 0 Å². The molecule has 0 saturated carbocycles. The van der Waals surface area contributed by atoms with Crippen LogP contribution in [-0.4, -0.2) is 17.8 Å². The molecule has 0 spiro atoms. The topological polar surface area (TPSA) is 29.1 Å². The number of carbonyl (C=O) groups is 1. The molecule has 0 fully saturated rings. The first kappa shape index (κ1) is 13.6. The van der Waals surface area contributed by atoms with E-state index in [2.05, 4.69) is 37.2 Å². The molecule has 0 saturated heterocycles. The zero-order valence-electron chi connectivity index (χ0n) is 8.77. The second-order valence-electron chi connectivity index (χ2n) is 3.60. The SMILES string of the molecule is CC(CBr)CNC(=O)c1ccc(Br)c(F)c1. The summed E-state index contributed by atoms with van der Waals surface area (Å²) in [6, 6.07) is 4.33. The third-order valence-electron chi connectivity index (χ3n) is 2.06. The number of rotatable bonds is 4. The van der Waals surface area contributed by atoms with Crippen molar-refractivity contribution in [1.29, 1.82) is 0 Å². The highest BCUT2D eigenvalue weighted by Gasteiger charge is 2.09. The van der Waals surface area contributed by atoms with Gasteiger partial charge in [-0.2, -0.15) is 0 Å². The van der Waals surface area contributed by atoms with Crippen LogP contribution in [0.15, 0.2) is 22.7 Å². The molecule has 1 aromatic rings. The minimum Gasteiger partial charge on any atom is -0.352 e. The van der Waals surface area contributed by atoms with Gasteiger partial charge >= 0.3 is 0 Å². The fourth-order valence-corrected chi connectivity index (χ4v) is 1.54. The quantitative estimate of drug-likeness (QED) is 0.827. The van der Waals surface area contributed by atoms with Crippen LogP contribution in [0, 0.1) is 11.7 Å². The Hall–Kier alpha value is -0.420. The molecular weight excluding hydrogens is 341 g/mol. The van der Waals surface area contributed by atoms with E-state index in [1.807, 2.05) is 6.92 Å². The van der Waals surface area contributed by atoms with E-state index >= 15 is 0 Å². The summed E-state index contributed by atoms with van der Waals surface area (Å²) in [5.41, 5.74) is 0.336. The van der Waals surface area contributed by atoms with Gasteiger partial charge in [0.1, 0.15) is 5.82 Å². The first-order valence-electron chi connectivity index (χ1n) is 4.83. The molecule has 1 aromatic carbocycles. The molecule has 1 amide bonds. The average molecular weight is 353 g/mol. The van der Waals surface area contributed by atoms with Gasteiger partial charge in [0.05, 0.1) is 4.47 Å². The summed E-state index contributed by atoms with van der Waals surface area (Å²) in [7, 11) is 0. The van der Waals surface area contributed by atoms with Crippen LogP contribution < -0.4 is 5.32 Å². The molecule has 1 unspecified atom stereocenters. The van der Waals surface area contributed by atoms with E-state index in [0.717, 1.165) is 5.33 Å². The summed E-state index contributed by atoms with van der Waals surface area (Å²) < 4.78 is 13.5. The van der Waals surface area contributed by atoms with Crippen LogP contribution in [0.2, 0.25) is 0 Å². The maximum Gasteiger partial charge on any atom is 0.251 e. The summed E-state index contributed by atoms with van der Waals surface area (Å²) in [5, 5.41) is 3.57. The van der Waals surface area contributed by atoms with Crippen molar-refractivity contribution in [3.05, 3.63) is 34.1 Å². The Morgan fingerprint density at radius 1 is 1.56 bits per heavy atom. The summed E-state index contributed by atoms with van der Waals surface area (Å²) in [4.78, 5) is 11.6. The molecule has 1 rings (SSSR count). The normalized spacial score (nSPS) is 12.2. The standard InChI is InChI=1S/C11H12Br2FNO/c1-7(5-12)6-15-11(16)8-2-3-9(13)10(14)4-8/h2-4,7H,5-6H2,1H3,(H,15,16). The first-order valence-corrected chi connectivity index (χ1v) is 6.75. The average Bonchev–Trinajstić information content (AvgIpc) is 2.29. The molecule has 0 bridgehead atoms. The summed E-state index contributed by atoms with van der Waals surface area (Å²) in [5.74, 6) is -0.329. The number of alkyl halides is 1. The highest BCUT2D eigenvalue weighted by atomic mass is 79.9. The molecule has 0 aliphatic rings. The van der Waals surface area contributed by atoms with Crippen molar-refractivity contribution in [2.75, 3.05) is 11.9 Å². The lowest BCUT2D eigenvalue weighted by Crippen LogP contribution is -2.28. The predicted octanol–water partition coefficient (Wildman–Crippen LogP) is 3.35. The van der Waals surface area contributed by atoms with Crippen LogP contribution in [0.3, 0.4) is 0 Å². The Labute approximate surface area is 111 Å². The Morgan fingerprint density at radius 2 is 2.25 bits per heavy atom. The number of nitrogens with one attached hydrogen (secondary N) is 1. The van der Waals surface area contributed by atoms with E-state index < -0.39 is 5.82 Å². The van der Waals surface area contributed by atoms with E-state index in [4.69, 9.17) is 0 Å². The van der Waals surface area contributed by atoms with Crippen LogP contribution in [0.4, 0.5) is 4.39 Å². The monoisotopic (exact) mass is 351 g/mol. The van der Waals surface area contributed by atoms with Gasteiger partial charge < -0.3 is 5.32 Å². The molecule has 5 heteroatoms. The molecule has 1 atom stereocenters. The molecule has 0 aliphatic carbocycles. The van der Waals surface area contributed by atoms with Gasteiger partial charge in [-0.1, -0.05) is 22.9 Å². The number of halogens is 3. The zero-order chi connectivity index (χ0) is 12.1. The van der Waals surface area contributed by atoms with Crippen LogP contribution in [0.1, 0.15) is 17.3 Å². The number of hydrogen-bond donors (Lipinski definition) is 1. The van der Waals surface area contributed by atoms with Crippen LogP contribution >= 0.6 is 31.9 Å². The van der Waals surface area contributed by atoms with Crippen molar-refractivity contribution in [1.82, 2.24) is 5.32 Å². The highest BCUT2D eigenvalue weighted by molar-refractivity contribution is 9.10. The Morgan fingerprint density at radius 3 is 2.81 bits per heavy atom. The van der Waals surface area contributed by atoms with Crippen molar-refractivity contribution in [3.8, 4) is 0 Å². The van der Waals surface area contributed by atoms with E-state index in [1.165, 1.54) is 12.1 Å². The molecule has 88 valence electrons. The van der Waals surface area contributed by atoms with Gasteiger partial charge in [0.15, 0.2) is 0 Å². The Balaban J connectivity index is 2.63. The Kier molecular flexibility index (Phi) is 5.41. The minimum atomic E-state index is -0.429. The molecule has 0 aromatic heterocycles. The van der Waals surface area contributed by atoms with Crippen molar-refractivity contribution < 1.29 is 9.18 Å². The number of hydrogen-bond acceptors (Lipinski definition) is 1.